The number of aromatic nitrogens is 3. The number of aromatic amines is 1. The third kappa shape index (κ3) is 3.66. The number of hydrogen-bond acceptors (Lipinski definition) is 3. The summed E-state index contributed by atoms with van der Waals surface area (Å²) in [5.41, 5.74) is 4.25. The Hall–Kier alpha value is -2.56. The summed E-state index contributed by atoms with van der Waals surface area (Å²) < 4.78 is 0. The van der Waals surface area contributed by atoms with Gasteiger partial charge in [-0.05, 0) is 47.0 Å². The van der Waals surface area contributed by atoms with E-state index < -0.39 is 0 Å². The van der Waals surface area contributed by atoms with Crippen molar-refractivity contribution in [2.45, 2.75) is 13.0 Å². The molecule has 0 spiro atoms. The lowest BCUT2D eigenvalue weighted by atomic mass is 10.1. The minimum Gasteiger partial charge on any atom is -0.366 e. The van der Waals surface area contributed by atoms with Crippen LogP contribution in [0.2, 0.25) is 10.0 Å². The smallest absolute Gasteiger partial charge is 0.137 e. The predicted octanol–water partition coefficient (Wildman–Crippen LogP) is 5.47. The molecule has 0 radical (unpaired) electrons. The van der Waals surface area contributed by atoms with Crippen molar-refractivity contribution in [3.63, 3.8) is 0 Å². The molecule has 26 heavy (non-hydrogen) atoms. The topological polar surface area (TPSA) is 53.6 Å². The first-order chi connectivity index (χ1) is 12.7. The molecule has 0 saturated carbocycles. The highest BCUT2D eigenvalue weighted by Crippen LogP contribution is 2.22. The van der Waals surface area contributed by atoms with Gasteiger partial charge >= 0.3 is 0 Å². The van der Waals surface area contributed by atoms with Gasteiger partial charge in [0.15, 0.2) is 0 Å². The Kier molecular flexibility index (Phi) is 4.78. The zero-order valence-electron chi connectivity index (χ0n) is 13.8. The van der Waals surface area contributed by atoms with E-state index in [4.69, 9.17) is 23.2 Å². The van der Waals surface area contributed by atoms with E-state index in [9.17, 15) is 0 Å². The molecule has 1 aromatic carbocycles. The van der Waals surface area contributed by atoms with Crippen LogP contribution in [0.5, 0.6) is 0 Å². The van der Waals surface area contributed by atoms with Crippen LogP contribution >= 0.6 is 23.2 Å². The van der Waals surface area contributed by atoms with E-state index in [0.717, 1.165) is 34.4 Å². The van der Waals surface area contributed by atoms with Gasteiger partial charge in [0.2, 0.25) is 0 Å². The fourth-order valence-corrected chi connectivity index (χ4v) is 3.34. The minimum atomic E-state index is 0.594. The monoisotopic (exact) mass is 382 g/mol. The summed E-state index contributed by atoms with van der Waals surface area (Å²) >= 11 is 12.1. The summed E-state index contributed by atoms with van der Waals surface area (Å²) in [4.78, 5) is 12.0. The Labute approximate surface area is 161 Å². The predicted molar refractivity (Wildman–Crippen MR) is 107 cm³/mol. The molecule has 0 amide bonds. The second-order valence-electron chi connectivity index (χ2n) is 6.03. The van der Waals surface area contributed by atoms with Crippen LogP contribution in [0.15, 0.2) is 61.1 Å². The van der Waals surface area contributed by atoms with E-state index in [1.807, 2.05) is 36.7 Å². The Morgan fingerprint density at radius 3 is 2.73 bits per heavy atom. The van der Waals surface area contributed by atoms with Crippen LogP contribution in [-0.4, -0.2) is 15.0 Å². The molecule has 4 rings (SSSR count). The zero-order chi connectivity index (χ0) is 17.9. The lowest BCUT2D eigenvalue weighted by molar-refractivity contribution is 1.09. The van der Waals surface area contributed by atoms with Gasteiger partial charge in [0.05, 0.1) is 0 Å². The van der Waals surface area contributed by atoms with Crippen molar-refractivity contribution in [3.05, 3.63) is 87.8 Å². The van der Waals surface area contributed by atoms with Crippen LogP contribution in [0.25, 0.3) is 11.0 Å². The highest BCUT2D eigenvalue weighted by Gasteiger charge is 2.06. The van der Waals surface area contributed by atoms with E-state index >= 15 is 0 Å². The first kappa shape index (κ1) is 16.9. The second-order valence-corrected chi connectivity index (χ2v) is 6.87. The Balaban J connectivity index is 1.43. The molecule has 6 heteroatoms. The van der Waals surface area contributed by atoms with Crippen molar-refractivity contribution < 1.29 is 0 Å². The summed E-state index contributed by atoms with van der Waals surface area (Å²) in [6.07, 6.45) is 6.49. The number of hydrogen-bond donors (Lipinski definition) is 2. The molecule has 3 heterocycles. The number of anilines is 1. The lowest BCUT2D eigenvalue weighted by Crippen LogP contribution is -2.02. The molecule has 4 nitrogen and oxygen atoms in total. The fraction of sp³-hybridized carbons (Fsp3) is 0.100. The molecule has 0 saturated heterocycles. The minimum absolute atomic E-state index is 0.594. The molecule has 0 aliphatic rings. The number of pyridine rings is 2. The molecular weight excluding hydrogens is 367 g/mol. The van der Waals surface area contributed by atoms with Crippen LogP contribution in [0, 0.1) is 0 Å². The quantitative estimate of drug-likeness (QED) is 0.481. The van der Waals surface area contributed by atoms with Crippen molar-refractivity contribution in [1.82, 2.24) is 15.0 Å². The maximum Gasteiger partial charge on any atom is 0.137 e. The number of halogens is 2. The van der Waals surface area contributed by atoms with Gasteiger partial charge in [-0.25, -0.2) is 9.97 Å². The maximum atomic E-state index is 6.20. The number of fused-ring (bicyclic) bond motifs is 1. The Bertz CT molecular complexity index is 1040. The van der Waals surface area contributed by atoms with Gasteiger partial charge in [-0.1, -0.05) is 35.3 Å². The van der Waals surface area contributed by atoms with E-state index in [1.165, 1.54) is 5.56 Å². The first-order valence-corrected chi connectivity index (χ1v) is 8.98. The van der Waals surface area contributed by atoms with Gasteiger partial charge < -0.3 is 10.3 Å². The van der Waals surface area contributed by atoms with Crippen LogP contribution in [0.1, 0.15) is 16.7 Å². The molecule has 4 aromatic rings. The Morgan fingerprint density at radius 1 is 1.00 bits per heavy atom. The molecule has 0 bridgehead atoms. The average molecular weight is 383 g/mol. The van der Waals surface area contributed by atoms with Gasteiger partial charge in [0.25, 0.3) is 0 Å². The highest BCUT2D eigenvalue weighted by atomic mass is 35.5. The van der Waals surface area contributed by atoms with E-state index in [2.05, 4.69) is 32.4 Å². The van der Waals surface area contributed by atoms with Crippen molar-refractivity contribution in [1.29, 1.82) is 0 Å². The van der Waals surface area contributed by atoms with Crippen molar-refractivity contribution in [2.24, 2.45) is 0 Å². The largest absolute Gasteiger partial charge is 0.366 e. The summed E-state index contributed by atoms with van der Waals surface area (Å²) in [6, 6.07) is 13.6. The zero-order valence-corrected chi connectivity index (χ0v) is 15.3. The molecule has 0 aliphatic carbocycles. The molecule has 0 atom stereocenters. The van der Waals surface area contributed by atoms with Crippen molar-refractivity contribution in [2.75, 3.05) is 5.32 Å². The summed E-state index contributed by atoms with van der Waals surface area (Å²) in [7, 11) is 0. The number of benzene rings is 1. The maximum absolute atomic E-state index is 6.20. The molecule has 0 unspecified atom stereocenters. The van der Waals surface area contributed by atoms with E-state index in [0.29, 0.717) is 16.6 Å². The molecule has 2 N–H and O–H groups in total. The van der Waals surface area contributed by atoms with Crippen LogP contribution in [0.4, 0.5) is 5.82 Å². The molecule has 0 fully saturated rings. The third-order valence-corrected chi connectivity index (χ3v) is 4.82. The van der Waals surface area contributed by atoms with E-state index in [-0.39, 0.29) is 0 Å². The third-order valence-electron chi connectivity index (χ3n) is 4.23. The number of nitrogens with zero attached hydrogens (tertiary/aromatic N) is 2. The SMILES string of the molecule is Clc1ccc(CNc2ccc(Cc3c[nH]c4ncccc34)cn2)c(Cl)c1. The van der Waals surface area contributed by atoms with E-state index in [1.54, 1.807) is 12.3 Å². The molecular formula is C20H16Cl2N4. The molecule has 0 aliphatic heterocycles. The van der Waals surface area contributed by atoms with Crippen LogP contribution in [-0.2, 0) is 13.0 Å². The summed E-state index contributed by atoms with van der Waals surface area (Å²) in [5, 5.41) is 5.71. The van der Waals surface area contributed by atoms with Gasteiger partial charge in [-0.2, -0.15) is 0 Å². The van der Waals surface area contributed by atoms with Crippen molar-refractivity contribution in [3.8, 4) is 0 Å². The molecule has 3 aromatic heterocycles. The van der Waals surface area contributed by atoms with Gasteiger partial charge in [0, 0.05) is 47.0 Å². The number of rotatable bonds is 5. The summed E-state index contributed by atoms with van der Waals surface area (Å²) in [5.74, 6) is 0.806. The Morgan fingerprint density at radius 2 is 1.92 bits per heavy atom. The average Bonchev–Trinajstić information content (AvgIpc) is 3.05. The van der Waals surface area contributed by atoms with Gasteiger partial charge in [-0.3, -0.25) is 0 Å². The molecule has 130 valence electrons. The summed E-state index contributed by atoms with van der Waals surface area (Å²) in [6.45, 7) is 0.594. The highest BCUT2D eigenvalue weighted by molar-refractivity contribution is 6.35. The fourth-order valence-electron chi connectivity index (χ4n) is 2.86. The van der Waals surface area contributed by atoms with Crippen molar-refractivity contribution >= 4 is 40.1 Å². The standard InChI is InChI=1S/C20H16Cl2N4/c21-16-5-4-14(18(22)9-16)11-25-19-6-3-13(10-24-19)8-15-12-26-20-17(15)2-1-7-23-20/h1-7,9-10,12H,8,11H2,(H,23,26)(H,24,25). The van der Waals surface area contributed by atoms with Crippen LogP contribution in [0.3, 0.4) is 0 Å². The van der Waals surface area contributed by atoms with Gasteiger partial charge in [-0.15, -0.1) is 0 Å². The number of H-pyrrole nitrogens is 1. The number of nitrogens with one attached hydrogen (secondary N) is 2. The normalized spacial score (nSPS) is 11.0. The lowest BCUT2D eigenvalue weighted by Gasteiger charge is -2.08. The van der Waals surface area contributed by atoms with Gasteiger partial charge in [0.1, 0.15) is 11.5 Å². The first-order valence-electron chi connectivity index (χ1n) is 8.23. The second kappa shape index (κ2) is 7.36. The van der Waals surface area contributed by atoms with Crippen LogP contribution < -0.4 is 5.32 Å².